The van der Waals surface area contributed by atoms with Gasteiger partial charge in [0.05, 0.1) is 17.9 Å². The molecule has 0 aliphatic heterocycles. The monoisotopic (exact) mass is 400 g/mol. The van der Waals surface area contributed by atoms with Gasteiger partial charge in [-0.15, -0.1) is 0 Å². The summed E-state index contributed by atoms with van der Waals surface area (Å²) in [4.78, 5) is 25.6. The maximum Gasteiger partial charge on any atom is 0.222 e. The topological polar surface area (TPSA) is 84.2 Å². The number of carbonyl (C=O) groups excluding carboxylic acids is 1. The van der Waals surface area contributed by atoms with Gasteiger partial charge in [0.1, 0.15) is 11.5 Å². The molecule has 0 spiro atoms. The first kappa shape index (κ1) is 19.6. The Morgan fingerprint density at radius 1 is 1.13 bits per heavy atom. The minimum Gasteiger partial charge on any atom is -0.369 e. The lowest BCUT2D eigenvalue weighted by Crippen LogP contribution is -2.28. The Morgan fingerprint density at radius 2 is 1.97 bits per heavy atom. The zero-order valence-electron chi connectivity index (χ0n) is 17.0. The van der Waals surface area contributed by atoms with Crippen molar-refractivity contribution in [2.45, 2.75) is 26.3 Å². The number of hydrogen-bond donors (Lipinski definition) is 2. The molecule has 0 saturated heterocycles. The van der Waals surface area contributed by atoms with Crippen molar-refractivity contribution in [3.63, 3.8) is 0 Å². The molecule has 0 aliphatic rings. The van der Waals surface area contributed by atoms with Gasteiger partial charge in [0.2, 0.25) is 5.91 Å². The van der Waals surface area contributed by atoms with Crippen LogP contribution in [0, 0.1) is 6.92 Å². The zero-order chi connectivity index (χ0) is 20.9. The number of nitrogens with zero attached hydrogens (tertiary/aromatic N) is 4. The van der Waals surface area contributed by atoms with E-state index in [0.717, 1.165) is 28.4 Å². The average Bonchev–Trinajstić information content (AvgIpc) is 3.13. The Morgan fingerprint density at radius 3 is 2.73 bits per heavy atom. The molecule has 3 heterocycles. The van der Waals surface area contributed by atoms with Gasteiger partial charge in [0.25, 0.3) is 0 Å². The molecule has 7 heteroatoms. The smallest absolute Gasteiger partial charge is 0.222 e. The van der Waals surface area contributed by atoms with Crippen molar-refractivity contribution in [1.82, 2.24) is 24.7 Å². The lowest BCUT2D eigenvalue weighted by Gasteiger charge is -2.14. The molecule has 4 aromatic rings. The van der Waals surface area contributed by atoms with E-state index in [1.54, 1.807) is 18.6 Å². The molecule has 0 aliphatic carbocycles. The van der Waals surface area contributed by atoms with E-state index in [1.165, 1.54) is 5.56 Å². The minimum absolute atomic E-state index is 0.0342. The normalized spacial score (nSPS) is 11.9. The number of carbonyl (C=O) groups is 1. The van der Waals surface area contributed by atoms with Gasteiger partial charge in [-0.05, 0) is 26.0 Å². The standard InChI is InChI=1S/C23H24N6O/c1-16-6-8-18(9-7-16)22-23(29-14-13-24-15-20(29)28-22)26-12-10-21(30)27-17(2)19-5-3-4-11-25-19/h3-9,11,13-15,17,26H,10,12H2,1-2H3,(H,27,30)/t17-/m0/s1. The number of hydrogen-bond acceptors (Lipinski definition) is 5. The van der Waals surface area contributed by atoms with Gasteiger partial charge in [0.15, 0.2) is 5.65 Å². The van der Waals surface area contributed by atoms with E-state index in [-0.39, 0.29) is 11.9 Å². The van der Waals surface area contributed by atoms with Crippen molar-refractivity contribution in [2.75, 3.05) is 11.9 Å². The summed E-state index contributed by atoms with van der Waals surface area (Å²) in [6.45, 7) is 4.47. The van der Waals surface area contributed by atoms with E-state index >= 15 is 0 Å². The Kier molecular flexibility index (Phi) is 5.70. The van der Waals surface area contributed by atoms with Gasteiger partial charge < -0.3 is 10.6 Å². The molecule has 0 fully saturated rings. The molecular formula is C23H24N6O. The van der Waals surface area contributed by atoms with Gasteiger partial charge in [-0.3, -0.25) is 19.2 Å². The molecule has 1 aromatic carbocycles. The van der Waals surface area contributed by atoms with Crippen LogP contribution in [0.2, 0.25) is 0 Å². The predicted octanol–water partition coefficient (Wildman–Crippen LogP) is 3.78. The summed E-state index contributed by atoms with van der Waals surface area (Å²) in [5.41, 5.74) is 4.64. The quantitative estimate of drug-likeness (QED) is 0.493. The highest BCUT2D eigenvalue weighted by Crippen LogP contribution is 2.28. The second kappa shape index (κ2) is 8.73. The summed E-state index contributed by atoms with van der Waals surface area (Å²) >= 11 is 0. The number of aryl methyl sites for hydroxylation is 1. The van der Waals surface area contributed by atoms with Gasteiger partial charge in [-0.2, -0.15) is 0 Å². The molecule has 30 heavy (non-hydrogen) atoms. The van der Waals surface area contributed by atoms with Gasteiger partial charge in [-0.1, -0.05) is 35.9 Å². The lowest BCUT2D eigenvalue weighted by molar-refractivity contribution is -0.121. The molecule has 0 saturated carbocycles. The number of benzene rings is 1. The van der Waals surface area contributed by atoms with Crippen LogP contribution in [0.5, 0.6) is 0 Å². The Hall–Kier alpha value is -3.74. The molecule has 1 atom stereocenters. The van der Waals surface area contributed by atoms with Crippen LogP contribution >= 0.6 is 0 Å². The van der Waals surface area contributed by atoms with Gasteiger partial charge in [-0.25, -0.2) is 4.98 Å². The fourth-order valence-electron chi connectivity index (χ4n) is 3.30. The molecule has 4 rings (SSSR count). The SMILES string of the molecule is Cc1ccc(-c2nc3cnccn3c2NCCC(=O)N[C@@H](C)c2ccccn2)cc1. The van der Waals surface area contributed by atoms with Crippen LogP contribution in [0.1, 0.15) is 30.6 Å². The zero-order valence-corrected chi connectivity index (χ0v) is 17.0. The molecule has 0 radical (unpaired) electrons. The van der Waals surface area contributed by atoms with Crippen LogP contribution < -0.4 is 10.6 Å². The molecule has 2 N–H and O–H groups in total. The lowest BCUT2D eigenvalue weighted by atomic mass is 10.1. The third kappa shape index (κ3) is 4.30. The van der Waals surface area contributed by atoms with Crippen LogP contribution in [-0.4, -0.2) is 31.8 Å². The first-order valence-electron chi connectivity index (χ1n) is 9.95. The highest BCUT2D eigenvalue weighted by Gasteiger charge is 2.15. The van der Waals surface area contributed by atoms with Gasteiger partial charge in [0, 0.05) is 37.1 Å². The van der Waals surface area contributed by atoms with Crippen molar-refractivity contribution >= 4 is 17.4 Å². The number of rotatable bonds is 7. The Balaban J connectivity index is 1.46. The van der Waals surface area contributed by atoms with Crippen LogP contribution in [-0.2, 0) is 4.79 Å². The second-order valence-electron chi connectivity index (χ2n) is 7.20. The number of amides is 1. The fourth-order valence-corrected chi connectivity index (χ4v) is 3.30. The molecular weight excluding hydrogens is 376 g/mol. The number of fused-ring (bicyclic) bond motifs is 1. The number of imidazole rings is 1. The summed E-state index contributed by atoms with van der Waals surface area (Å²) < 4.78 is 1.95. The number of nitrogens with one attached hydrogen (secondary N) is 2. The Labute approximate surface area is 175 Å². The third-order valence-electron chi connectivity index (χ3n) is 4.91. The number of aromatic nitrogens is 4. The predicted molar refractivity (Wildman–Crippen MR) is 117 cm³/mol. The summed E-state index contributed by atoms with van der Waals surface area (Å²) in [5, 5.41) is 6.38. The summed E-state index contributed by atoms with van der Waals surface area (Å²) in [7, 11) is 0. The second-order valence-corrected chi connectivity index (χ2v) is 7.20. The molecule has 0 unspecified atom stereocenters. The fraction of sp³-hybridized carbons (Fsp3) is 0.217. The van der Waals surface area contributed by atoms with E-state index in [1.807, 2.05) is 35.7 Å². The first-order chi connectivity index (χ1) is 14.6. The highest BCUT2D eigenvalue weighted by atomic mass is 16.1. The summed E-state index contributed by atoms with van der Waals surface area (Å²) in [6.07, 6.45) is 7.38. The van der Waals surface area contributed by atoms with Crippen LogP contribution in [0.15, 0.2) is 67.3 Å². The van der Waals surface area contributed by atoms with Crippen molar-refractivity contribution in [3.8, 4) is 11.3 Å². The van der Waals surface area contributed by atoms with E-state index < -0.39 is 0 Å². The molecule has 152 valence electrons. The molecule has 7 nitrogen and oxygen atoms in total. The van der Waals surface area contributed by atoms with E-state index in [9.17, 15) is 4.79 Å². The van der Waals surface area contributed by atoms with Crippen molar-refractivity contribution in [1.29, 1.82) is 0 Å². The van der Waals surface area contributed by atoms with E-state index in [2.05, 4.69) is 51.8 Å². The number of pyridine rings is 1. The Bertz CT molecular complexity index is 1140. The summed E-state index contributed by atoms with van der Waals surface area (Å²) in [6, 6.07) is 13.8. The maximum absolute atomic E-state index is 12.4. The number of anilines is 1. The van der Waals surface area contributed by atoms with E-state index in [0.29, 0.717) is 13.0 Å². The average molecular weight is 400 g/mol. The van der Waals surface area contributed by atoms with E-state index in [4.69, 9.17) is 4.98 Å². The summed E-state index contributed by atoms with van der Waals surface area (Å²) in [5.74, 6) is 0.815. The van der Waals surface area contributed by atoms with Crippen molar-refractivity contribution < 1.29 is 4.79 Å². The molecule has 0 bridgehead atoms. The first-order valence-corrected chi connectivity index (χ1v) is 9.95. The maximum atomic E-state index is 12.4. The molecule has 1 amide bonds. The van der Waals surface area contributed by atoms with Gasteiger partial charge >= 0.3 is 0 Å². The molecule has 3 aromatic heterocycles. The van der Waals surface area contributed by atoms with Crippen molar-refractivity contribution in [3.05, 3.63) is 78.5 Å². The largest absolute Gasteiger partial charge is 0.369 e. The minimum atomic E-state index is -0.135. The van der Waals surface area contributed by atoms with Crippen LogP contribution in [0.4, 0.5) is 5.82 Å². The third-order valence-corrected chi connectivity index (χ3v) is 4.91. The van der Waals surface area contributed by atoms with Crippen molar-refractivity contribution in [2.24, 2.45) is 0 Å². The highest BCUT2D eigenvalue weighted by molar-refractivity contribution is 5.79. The van der Waals surface area contributed by atoms with Crippen LogP contribution in [0.25, 0.3) is 16.9 Å². The van der Waals surface area contributed by atoms with Crippen LogP contribution in [0.3, 0.4) is 0 Å².